The molecule has 0 spiro atoms. The molecule has 1 aliphatic rings. The first-order valence-corrected chi connectivity index (χ1v) is 6.96. The van der Waals surface area contributed by atoms with Gasteiger partial charge in [-0.3, -0.25) is 10.3 Å². The van der Waals surface area contributed by atoms with Gasteiger partial charge in [-0.1, -0.05) is 44.0 Å². The molecular weight excluding hydrogens is 278 g/mol. The predicted molar refractivity (Wildman–Crippen MR) is 73.6 cm³/mol. The standard InChI is InChI=1S/C14H18BrNO/c1-2-3-4-5-11-6-8-12(9-7-11)13-10-14(15)16-17-13/h6-10,13,16H,2-5H2,1H3. The fraction of sp³-hybridized carbons (Fsp3) is 0.429. The van der Waals surface area contributed by atoms with Crippen molar-refractivity contribution >= 4 is 15.9 Å². The molecule has 1 aliphatic heterocycles. The van der Waals surface area contributed by atoms with Crippen LogP contribution in [0.5, 0.6) is 0 Å². The van der Waals surface area contributed by atoms with Gasteiger partial charge in [0.2, 0.25) is 0 Å². The zero-order valence-corrected chi connectivity index (χ0v) is 11.7. The Kier molecular flexibility index (Phi) is 4.63. The topological polar surface area (TPSA) is 21.3 Å². The number of nitrogens with one attached hydrogen (secondary N) is 1. The fourth-order valence-electron chi connectivity index (χ4n) is 1.94. The first-order valence-electron chi connectivity index (χ1n) is 6.17. The zero-order chi connectivity index (χ0) is 12.1. The molecule has 1 aromatic carbocycles. The number of hydrogen-bond donors (Lipinski definition) is 1. The molecular formula is C14H18BrNO. The van der Waals surface area contributed by atoms with Crippen molar-refractivity contribution in [3.05, 3.63) is 46.1 Å². The van der Waals surface area contributed by atoms with Gasteiger partial charge in [0.05, 0.1) is 0 Å². The molecule has 0 aromatic heterocycles. The van der Waals surface area contributed by atoms with Crippen molar-refractivity contribution in [3.63, 3.8) is 0 Å². The highest BCUT2D eigenvalue weighted by atomic mass is 79.9. The molecule has 2 rings (SSSR count). The lowest BCUT2D eigenvalue weighted by molar-refractivity contribution is 0.0458. The van der Waals surface area contributed by atoms with Crippen LogP contribution in [-0.2, 0) is 11.3 Å². The largest absolute Gasteiger partial charge is 0.263 e. The minimum absolute atomic E-state index is 0.0223. The molecule has 1 unspecified atom stereocenters. The minimum atomic E-state index is 0.0223. The molecule has 0 fully saturated rings. The van der Waals surface area contributed by atoms with E-state index in [9.17, 15) is 0 Å². The third-order valence-corrected chi connectivity index (χ3v) is 3.38. The normalized spacial score (nSPS) is 18.9. The van der Waals surface area contributed by atoms with E-state index < -0.39 is 0 Å². The Bertz CT molecular complexity index is 386. The van der Waals surface area contributed by atoms with E-state index in [1.165, 1.54) is 36.8 Å². The van der Waals surface area contributed by atoms with E-state index in [4.69, 9.17) is 4.84 Å². The minimum Gasteiger partial charge on any atom is -0.263 e. The van der Waals surface area contributed by atoms with Crippen molar-refractivity contribution in [2.45, 2.75) is 38.7 Å². The second-order valence-corrected chi connectivity index (χ2v) is 5.21. The van der Waals surface area contributed by atoms with Gasteiger partial charge in [-0.15, -0.1) is 0 Å². The summed E-state index contributed by atoms with van der Waals surface area (Å²) in [5.74, 6) is 0. The SMILES string of the molecule is CCCCCc1ccc(C2C=C(Br)NO2)cc1. The monoisotopic (exact) mass is 295 g/mol. The molecule has 0 bridgehead atoms. The number of aryl methyl sites for hydroxylation is 1. The molecule has 1 N–H and O–H groups in total. The molecule has 0 aliphatic carbocycles. The third kappa shape index (κ3) is 3.58. The van der Waals surface area contributed by atoms with Crippen molar-refractivity contribution in [2.24, 2.45) is 0 Å². The Balaban J connectivity index is 1.93. The van der Waals surface area contributed by atoms with Crippen molar-refractivity contribution in [2.75, 3.05) is 0 Å². The number of benzene rings is 1. The molecule has 3 heteroatoms. The Hall–Kier alpha value is -0.800. The van der Waals surface area contributed by atoms with Gasteiger partial charge >= 0.3 is 0 Å². The summed E-state index contributed by atoms with van der Waals surface area (Å²) in [6.45, 7) is 2.23. The maximum atomic E-state index is 5.40. The van der Waals surface area contributed by atoms with E-state index >= 15 is 0 Å². The molecule has 1 aromatic rings. The zero-order valence-electron chi connectivity index (χ0n) is 10.1. The average molecular weight is 296 g/mol. The van der Waals surface area contributed by atoms with E-state index in [0.29, 0.717) is 0 Å². The summed E-state index contributed by atoms with van der Waals surface area (Å²) < 4.78 is 0.898. The average Bonchev–Trinajstić information content (AvgIpc) is 2.77. The lowest BCUT2D eigenvalue weighted by Gasteiger charge is -2.08. The van der Waals surface area contributed by atoms with Crippen LogP contribution >= 0.6 is 15.9 Å². The van der Waals surface area contributed by atoms with E-state index in [-0.39, 0.29) is 6.10 Å². The van der Waals surface area contributed by atoms with Crippen molar-refractivity contribution in [3.8, 4) is 0 Å². The maximum Gasteiger partial charge on any atom is 0.131 e. The molecule has 1 atom stereocenters. The van der Waals surface area contributed by atoms with Gasteiger partial charge in [0.1, 0.15) is 10.7 Å². The summed E-state index contributed by atoms with van der Waals surface area (Å²) in [5, 5.41) is 0. The highest BCUT2D eigenvalue weighted by Gasteiger charge is 2.16. The summed E-state index contributed by atoms with van der Waals surface area (Å²) in [7, 11) is 0. The van der Waals surface area contributed by atoms with Crippen LogP contribution in [0.15, 0.2) is 34.9 Å². The number of hydroxylamine groups is 1. The highest BCUT2D eigenvalue weighted by Crippen LogP contribution is 2.26. The van der Waals surface area contributed by atoms with Crippen molar-refractivity contribution in [1.29, 1.82) is 0 Å². The second-order valence-electron chi connectivity index (χ2n) is 4.35. The maximum absolute atomic E-state index is 5.40. The smallest absolute Gasteiger partial charge is 0.131 e. The van der Waals surface area contributed by atoms with Crippen LogP contribution in [0, 0.1) is 0 Å². The van der Waals surface area contributed by atoms with E-state index in [2.05, 4.69) is 52.6 Å². The van der Waals surface area contributed by atoms with Gasteiger partial charge in [-0.2, -0.15) is 0 Å². The van der Waals surface area contributed by atoms with E-state index in [0.717, 1.165) is 4.61 Å². The van der Waals surface area contributed by atoms with Gasteiger partial charge < -0.3 is 0 Å². The molecule has 17 heavy (non-hydrogen) atoms. The Morgan fingerprint density at radius 2 is 2.00 bits per heavy atom. The van der Waals surface area contributed by atoms with E-state index in [1.54, 1.807) is 0 Å². The highest BCUT2D eigenvalue weighted by molar-refractivity contribution is 9.11. The quantitative estimate of drug-likeness (QED) is 0.648. The van der Waals surface area contributed by atoms with Gasteiger partial charge in [-0.05, 0) is 46.0 Å². The molecule has 92 valence electrons. The lowest BCUT2D eigenvalue weighted by atomic mass is 10.0. The molecule has 2 nitrogen and oxygen atoms in total. The van der Waals surface area contributed by atoms with Crippen LogP contribution < -0.4 is 5.48 Å². The van der Waals surface area contributed by atoms with Gasteiger partial charge in [-0.25, -0.2) is 0 Å². The van der Waals surface area contributed by atoms with Crippen LogP contribution in [0.3, 0.4) is 0 Å². The molecule has 0 saturated carbocycles. The number of halogens is 1. The third-order valence-electron chi connectivity index (χ3n) is 2.96. The summed E-state index contributed by atoms with van der Waals surface area (Å²) in [6, 6.07) is 8.70. The summed E-state index contributed by atoms with van der Waals surface area (Å²) in [5.41, 5.74) is 5.40. The van der Waals surface area contributed by atoms with Crippen LogP contribution in [-0.4, -0.2) is 0 Å². The summed E-state index contributed by atoms with van der Waals surface area (Å²) in [6.07, 6.45) is 7.09. The fourth-order valence-corrected chi connectivity index (χ4v) is 2.27. The van der Waals surface area contributed by atoms with Crippen molar-refractivity contribution < 1.29 is 4.84 Å². The first kappa shape index (κ1) is 12.7. The Labute approximate surface area is 111 Å². The summed E-state index contributed by atoms with van der Waals surface area (Å²) in [4.78, 5) is 5.40. The number of hydrogen-bond acceptors (Lipinski definition) is 2. The van der Waals surface area contributed by atoms with Gasteiger partial charge in [0, 0.05) is 0 Å². The predicted octanol–water partition coefficient (Wildman–Crippen LogP) is 4.23. The van der Waals surface area contributed by atoms with Crippen molar-refractivity contribution in [1.82, 2.24) is 5.48 Å². The number of unbranched alkanes of at least 4 members (excludes halogenated alkanes) is 2. The molecule has 1 heterocycles. The van der Waals surface area contributed by atoms with Gasteiger partial charge in [0.25, 0.3) is 0 Å². The number of rotatable bonds is 5. The van der Waals surface area contributed by atoms with E-state index in [1.807, 2.05) is 6.08 Å². The van der Waals surface area contributed by atoms with Crippen LogP contribution in [0.2, 0.25) is 0 Å². The Morgan fingerprint density at radius 3 is 2.59 bits per heavy atom. The molecule has 0 radical (unpaired) electrons. The molecule has 0 amide bonds. The molecule has 0 saturated heterocycles. The summed E-state index contributed by atoms with van der Waals surface area (Å²) >= 11 is 3.36. The van der Waals surface area contributed by atoms with Crippen LogP contribution in [0.25, 0.3) is 0 Å². The Morgan fingerprint density at radius 1 is 1.24 bits per heavy atom. The lowest BCUT2D eigenvalue weighted by Crippen LogP contribution is -2.05. The van der Waals surface area contributed by atoms with Crippen LogP contribution in [0.1, 0.15) is 43.4 Å². The van der Waals surface area contributed by atoms with Gasteiger partial charge in [0.15, 0.2) is 0 Å². The second kappa shape index (κ2) is 6.22. The first-order chi connectivity index (χ1) is 8.29. The van der Waals surface area contributed by atoms with Crippen LogP contribution in [0.4, 0.5) is 0 Å².